The number of aliphatic hydroxyl groups is 1. The third kappa shape index (κ3) is 1.88. The number of hydrogen-bond acceptors (Lipinski definition) is 4. The molecule has 1 aromatic carbocycles. The van der Waals surface area contributed by atoms with Gasteiger partial charge in [0.1, 0.15) is 18.3 Å². The van der Waals surface area contributed by atoms with Crippen LogP contribution in [0.1, 0.15) is 12.0 Å². The van der Waals surface area contributed by atoms with Crippen LogP contribution >= 0.6 is 0 Å². The van der Waals surface area contributed by atoms with Crippen LogP contribution in [0, 0.1) is 0 Å². The van der Waals surface area contributed by atoms with Gasteiger partial charge in [0, 0.05) is 6.42 Å². The van der Waals surface area contributed by atoms with Gasteiger partial charge in [-0.15, -0.1) is 0 Å². The Morgan fingerprint density at radius 3 is 2.82 bits per heavy atom. The summed E-state index contributed by atoms with van der Waals surface area (Å²) >= 11 is 0. The van der Waals surface area contributed by atoms with Crippen molar-refractivity contribution in [3.63, 3.8) is 0 Å². The van der Waals surface area contributed by atoms with Gasteiger partial charge in [0.05, 0.1) is 12.7 Å². The number of ketones is 1. The molecule has 0 amide bonds. The Morgan fingerprint density at radius 2 is 2.12 bits per heavy atom. The van der Waals surface area contributed by atoms with E-state index >= 15 is 0 Å². The lowest BCUT2D eigenvalue weighted by atomic mass is 9.93. The summed E-state index contributed by atoms with van der Waals surface area (Å²) < 4.78 is 11.0. The molecular weight excluding hydrogens is 220 g/mol. The minimum atomic E-state index is -0.679. The van der Waals surface area contributed by atoms with Gasteiger partial charge in [-0.3, -0.25) is 4.79 Å². The molecule has 1 N–H and O–H groups in total. The molecule has 2 bridgehead atoms. The molecule has 0 aromatic heterocycles. The third-order valence-electron chi connectivity index (χ3n) is 3.34. The Labute approximate surface area is 99.2 Å². The summed E-state index contributed by atoms with van der Waals surface area (Å²) in [6.45, 7) is 0.391. The van der Waals surface area contributed by atoms with Crippen LogP contribution in [0.15, 0.2) is 30.3 Å². The number of aliphatic hydroxyl groups excluding tert-OH is 1. The molecule has 90 valence electrons. The maximum atomic E-state index is 11.5. The Balaban J connectivity index is 1.64. The zero-order chi connectivity index (χ0) is 11.8. The highest BCUT2D eigenvalue weighted by Gasteiger charge is 2.54. The second kappa shape index (κ2) is 4.22. The van der Waals surface area contributed by atoms with Crippen LogP contribution in [0.4, 0.5) is 0 Å². The fourth-order valence-electron chi connectivity index (χ4n) is 2.43. The molecule has 2 aliphatic heterocycles. The highest BCUT2D eigenvalue weighted by Crippen LogP contribution is 2.34. The lowest BCUT2D eigenvalue weighted by molar-refractivity contribution is -0.131. The molecule has 0 aliphatic carbocycles. The smallest absolute Gasteiger partial charge is 0.167 e. The lowest BCUT2D eigenvalue weighted by Gasteiger charge is -2.23. The zero-order valence-corrected chi connectivity index (χ0v) is 9.28. The highest BCUT2D eigenvalue weighted by molar-refractivity contribution is 5.87. The molecule has 4 nitrogen and oxygen atoms in total. The highest BCUT2D eigenvalue weighted by atomic mass is 16.6. The van der Waals surface area contributed by atoms with Crippen molar-refractivity contribution < 1.29 is 19.4 Å². The van der Waals surface area contributed by atoms with E-state index < -0.39 is 18.3 Å². The van der Waals surface area contributed by atoms with Crippen LogP contribution in [0.2, 0.25) is 0 Å². The van der Waals surface area contributed by atoms with Gasteiger partial charge in [-0.2, -0.15) is 0 Å². The van der Waals surface area contributed by atoms with E-state index in [0.717, 1.165) is 5.56 Å². The number of ether oxygens (including phenoxy) is 2. The molecule has 2 fully saturated rings. The zero-order valence-electron chi connectivity index (χ0n) is 9.28. The van der Waals surface area contributed by atoms with Crippen molar-refractivity contribution >= 4 is 5.78 Å². The first-order chi connectivity index (χ1) is 8.25. The molecule has 4 heteroatoms. The van der Waals surface area contributed by atoms with Crippen molar-refractivity contribution in [2.45, 2.75) is 37.4 Å². The van der Waals surface area contributed by atoms with Gasteiger partial charge in [0.25, 0.3) is 0 Å². The number of carbonyl (C=O) groups excluding carboxylic acids is 1. The lowest BCUT2D eigenvalue weighted by Crippen LogP contribution is -2.43. The number of carbonyl (C=O) groups is 1. The molecule has 3 rings (SSSR count). The van der Waals surface area contributed by atoms with E-state index in [1.54, 1.807) is 0 Å². The Morgan fingerprint density at radius 1 is 1.35 bits per heavy atom. The maximum absolute atomic E-state index is 11.5. The molecule has 0 radical (unpaired) electrons. The fourth-order valence-corrected chi connectivity index (χ4v) is 2.43. The number of hydrogen-bond donors (Lipinski definition) is 1. The van der Waals surface area contributed by atoms with Gasteiger partial charge in [-0.05, 0) is 5.56 Å². The van der Waals surface area contributed by atoms with Gasteiger partial charge >= 0.3 is 0 Å². The van der Waals surface area contributed by atoms with E-state index in [9.17, 15) is 9.90 Å². The first-order valence-corrected chi connectivity index (χ1v) is 5.77. The third-order valence-corrected chi connectivity index (χ3v) is 3.34. The van der Waals surface area contributed by atoms with Crippen LogP contribution < -0.4 is 0 Å². The quantitative estimate of drug-likeness (QED) is 0.835. The van der Waals surface area contributed by atoms with Gasteiger partial charge in [-0.25, -0.2) is 0 Å². The van der Waals surface area contributed by atoms with Crippen LogP contribution in [-0.4, -0.2) is 35.3 Å². The molecule has 0 spiro atoms. The minimum Gasteiger partial charge on any atom is -0.388 e. The topological polar surface area (TPSA) is 55.8 Å². The summed E-state index contributed by atoms with van der Waals surface area (Å²) in [6.07, 6.45) is -1.81. The molecule has 2 aliphatic rings. The van der Waals surface area contributed by atoms with Crippen LogP contribution in [0.25, 0.3) is 0 Å². The molecular formula is C13H14O4. The predicted molar refractivity (Wildman–Crippen MR) is 59.3 cm³/mol. The average molecular weight is 234 g/mol. The fraction of sp³-hybridized carbons (Fsp3) is 0.462. The summed E-state index contributed by atoms with van der Waals surface area (Å²) in [5, 5.41) is 9.87. The van der Waals surface area contributed by atoms with Gasteiger partial charge < -0.3 is 14.6 Å². The van der Waals surface area contributed by atoms with E-state index in [0.29, 0.717) is 13.0 Å². The second-order valence-electron chi connectivity index (χ2n) is 4.52. The number of Topliss-reactive ketones (excluding diaryl/α,β-unsaturated/α-hetero) is 1. The normalized spacial score (nSPS) is 35.5. The summed E-state index contributed by atoms with van der Waals surface area (Å²) in [5.41, 5.74) is 1.02. The first-order valence-electron chi connectivity index (χ1n) is 5.77. The minimum absolute atomic E-state index is 0.0401. The molecule has 1 aromatic rings. The van der Waals surface area contributed by atoms with Crippen molar-refractivity contribution in [2.24, 2.45) is 0 Å². The standard InChI is InChI=1S/C13H14O4/c14-9-6-10-11(15)13(12(9)17-10)16-7-8-4-2-1-3-5-8/h1-5,10-13,15H,6-7H2/t10-,11-,12+,13+/m0/s1. The van der Waals surface area contributed by atoms with Gasteiger partial charge in [0.2, 0.25) is 0 Å². The molecule has 2 saturated heterocycles. The Kier molecular flexibility index (Phi) is 2.70. The molecule has 0 saturated carbocycles. The predicted octanol–water partition coefficient (Wildman–Crippen LogP) is 0.673. The van der Waals surface area contributed by atoms with E-state index in [1.165, 1.54) is 0 Å². The van der Waals surface area contributed by atoms with Gasteiger partial charge in [0.15, 0.2) is 5.78 Å². The number of fused-ring (bicyclic) bond motifs is 2. The van der Waals surface area contributed by atoms with Crippen molar-refractivity contribution in [3.05, 3.63) is 35.9 Å². The van der Waals surface area contributed by atoms with Gasteiger partial charge in [-0.1, -0.05) is 30.3 Å². The van der Waals surface area contributed by atoms with E-state index in [4.69, 9.17) is 9.47 Å². The van der Waals surface area contributed by atoms with Crippen LogP contribution in [-0.2, 0) is 20.9 Å². The molecule has 17 heavy (non-hydrogen) atoms. The molecule has 2 heterocycles. The summed E-state index contributed by atoms with van der Waals surface area (Å²) in [4.78, 5) is 11.5. The largest absolute Gasteiger partial charge is 0.388 e. The molecule has 0 unspecified atom stereocenters. The summed E-state index contributed by atoms with van der Waals surface area (Å²) in [5.74, 6) is 0.0401. The van der Waals surface area contributed by atoms with Crippen LogP contribution in [0.3, 0.4) is 0 Å². The van der Waals surface area contributed by atoms with Crippen molar-refractivity contribution in [2.75, 3.05) is 0 Å². The number of rotatable bonds is 3. The van der Waals surface area contributed by atoms with E-state index in [1.807, 2.05) is 30.3 Å². The van der Waals surface area contributed by atoms with Crippen molar-refractivity contribution in [3.8, 4) is 0 Å². The Bertz CT molecular complexity index is 417. The van der Waals surface area contributed by atoms with Crippen molar-refractivity contribution in [1.82, 2.24) is 0 Å². The number of benzene rings is 1. The van der Waals surface area contributed by atoms with E-state index in [-0.39, 0.29) is 11.9 Å². The SMILES string of the molecule is O=C1C[C@@H]2O[C@H]1[C@H](OCc1ccccc1)[C@H]2O. The maximum Gasteiger partial charge on any atom is 0.167 e. The first kappa shape index (κ1) is 10.9. The summed E-state index contributed by atoms with van der Waals surface area (Å²) in [6, 6.07) is 9.68. The monoisotopic (exact) mass is 234 g/mol. The second-order valence-corrected chi connectivity index (χ2v) is 4.52. The Hall–Kier alpha value is -1.23. The summed E-state index contributed by atoms with van der Waals surface area (Å²) in [7, 11) is 0. The molecule has 4 atom stereocenters. The van der Waals surface area contributed by atoms with Crippen LogP contribution in [0.5, 0.6) is 0 Å². The van der Waals surface area contributed by atoms with E-state index in [2.05, 4.69) is 0 Å². The average Bonchev–Trinajstić information content (AvgIpc) is 2.86. The van der Waals surface area contributed by atoms with Crippen molar-refractivity contribution in [1.29, 1.82) is 0 Å².